The first-order valence-electron chi connectivity index (χ1n) is 16.1. The normalized spacial score (nSPS) is 17.1. The summed E-state index contributed by atoms with van der Waals surface area (Å²) in [4.78, 5) is 15.8. The molecule has 1 saturated heterocycles. The topological polar surface area (TPSA) is 78.5 Å². The second-order valence-electron chi connectivity index (χ2n) is 11.6. The fourth-order valence-corrected chi connectivity index (χ4v) is 6.15. The third-order valence-electron chi connectivity index (χ3n) is 8.47. The summed E-state index contributed by atoms with van der Waals surface area (Å²) in [6.45, 7) is 14.0. The van der Waals surface area contributed by atoms with Crippen LogP contribution in [0.15, 0.2) is 48.5 Å². The zero-order chi connectivity index (χ0) is 32.3. The minimum atomic E-state index is 0.0271. The van der Waals surface area contributed by atoms with Gasteiger partial charge in [-0.3, -0.25) is 9.69 Å². The van der Waals surface area contributed by atoms with Crippen molar-refractivity contribution >= 4 is 11.6 Å². The molecule has 0 spiro atoms. The molecule has 2 atom stereocenters. The standard InChI is InChI=1S/C32H38N2O4.C5H12O2/c1-6-22-12-21(4)13-23(7-2)31(22)33-30(35)18-34-17-26(14-27(34)24-10-8-20(3)9-11-24)25-15-28(36-5)32-29(16-25)37-19-38-32;1-3-7-5-4-6-2/h8-13,15-16,26-27H,6-7,14,17-19H2,1-5H3,(H,33,35);3-5H2,1-2H3/t26-,27?;/m1./s1. The second kappa shape index (κ2) is 16.6. The number of hydrogen-bond donors (Lipinski definition) is 1. The lowest BCUT2D eigenvalue weighted by Gasteiger charge is -2.25. The smallest absolute Gasteiger partial charge is 0.238 e. The first-order valence-corrected chi connectivity index (χ1v) is 16.1. The van der Waals surface area contributed by atoms with Crippen LogP contribution < -0.4 is 19.5 Å². The van der Waals surface area contributed by atoms with E-state index in [0.29, 0.717) is 31.3 Å². The molecule has 2 aliphatic heterocycles. The molecule has 2 heterocycles. The second-order valence-corrected chi connectivity index (χ2v) is 11.6. The molecule has 3 aromatic carbocycles. The predicted molar refractivity (Wildman–Crippen MR) is 179 cm³/mol. The molecular formula is C37H50N2O6. The average molecular weight is 619 g/mol. The maximum Gasteiger partial charge on any atom is 0.238 e. The molecule has 244 valence electrons. The van der Waals surface area contributed by atoms with Crippen LogP contribution in [-0.4, -0.2) is 64.7 Å². The highest BCUT2D eigenvalue weighted by molar-refractivity contribution is 5.94. The van der Waals surface area contributed by atoms with E-state index in [9.17, 15) is 4.79 Å². The number of methoxy groups -OCH3 is 2. The molecule has 1 unspecified atom stereocenters. The Hall–Kier alpha value is -3.59. The quantitative estimate of drug-likeness (QED) is 0.219. The van der Waals surface area contributed by atoms with Crippen LogP contribution in [0.3, 0.4) is 0 Å². The van der Waals surface area contributed by atoms with Gasteiger partial charge >= 0.3 is 0 Å². The van der Waals surface area contributed by atoms with Crippen molar-refractivity contribution in [3.8, 4) is 17.2 Å². The van der Waals surface area contributed by atoms with E-state index < -0.39 is 0 Å². The minimum Gasteiger partial charge on any atom is -0.493 e. The number of carbonyl (C=O) groups is 1. The molecule has 8 nitrogen and oxygen atoms in total. The lowest BCUT2D eigenvalue weighted by atomic mass is 9.93. The van der Waals surface area contributed by atoms with Crippen molar-refractivity contribution in [3.05, 3.63) is 81.9 Å². The van der Waals surface area contributed by atoms with E-state index in [-0.39, 0.29) is 24.7 Å². The van der Waals surface area contributed by atoms with E-state index in [2.05, 4.69) is 86.4 Å². The zero-order valence-electron chi connectivity index (χ0n) is 28.0. The van der Waals surface area contributed by atoms with Gasteiger partial charge in [0.2, 0.25) is 18.4 Å². The Morgan fingerprint density at radius 2 is 1.62 bits per heavy atom. The van der Waals surface area contributed by atoms with Crippen LogP contribution in [0, 0.1) is 13.8 Å². The van der Waals surface area contributed by atoms with Crippen LogP contribution in [0.5, 0.6) is 17.2 Å². The van der Waals surface area contributed by atoms with Gasteiger partial charge in [-0.15, -0.1) is 0 Å². The Morgan fingerprint density at radius 1 is 0.911 bits per heavy atom. The molecule has 1 amide bonds. The lowest BCUT2D eigenvalue weighted by molar-refractivity contribution is -0.117. The van der Waals surface area contributed by atoms with E-state index in [4.69, 9.17) is 23.7 Å². The number of hydrogen-bond acceptors (Lipinski definition) is 7. The van der Waals surface area contributed by atoms with Gasteiger partial charge < -0.3 is 29.0 Å². The first kappa shape index (κ1) is 34.3. The summed E-state index contributed by atoms with van der Waals surface area (Å²) in [7, 11) is 3.32. The van der Waals surface area contributed by atoms with Crippen molar-refractivity contribution in [1.82, 2.24) is 4.90 Å². The van der Waals surface area contributed by atoms with Gasteiger partial charge in [-0.2, -0.15) is 0 Å². The number of nitrogens with one attached hydrogen (secondary N) is 1. The molecule has 0 aliphatic carbocycles. The summed E-state index contributed by atoms with van der Waals surface area (Å²) in [6.07, 6.45) is 2.67. The number of amides is 1. The van der Waals surface area contributed by atoms with E-state index in [0.717, 1.165) is 49.4 Å². The fourth-order valence-electron chi connectivity index (χ4n) is 6.15. The average Bonchev–Trinajstić information content (AvgIpc) is 3.69. The van der Waals surface area contributed by atoms with Crippen molar-refractivity contribution in [2.45, 2.75) is 65.8 Å². The molecule has 5 rings (SSSR count). The molecule has 0 saturated carbocycles. The van der Waals surface area contributed by atoms with E-state index in [1.807, 2.05) is 6.92 Å². The number of benzene rings is 3. The molecule has 1 N–H and O–H groups in total. The van der Waals surface area contributed by atoms with Crippen LogP contribution >= 0.6 is 0 Å². The first-order chi connectivity index (χ1) is 21.8. The maximum atomic E-state index is 13.5. The summed E-state index contributed by atoms with van der Waals surface area (Å²) in [5, 5.41) is 3.29. The number of anilines is 1. The van der Waals surface area contributed by atoms with E-state index in [1.54, 1.807) is 14.2 Å². The Bertz CT molecular complexity index is 1380. The number of ether oxygens (including phenoxy) is 5. The third kappa shape index (κ3) is 8.78. The summed E-state index contributed by atoms with van der Waals surface area (Å²) in [6, 6.07) is 17.3. The number of rotatable bonds is 12. The Morgan fingerprint density at radius 3 is 2.24 bits per heavy atom. The van der Waals surface area contributed by atoms with Crippen molar-refractivity contribution in [2.24, 2.45) is 0 Å². The summed E-state index contributed by atoms with van der Waals surface area (Å²) in [5.74, 6) is 2.34. The summed E-state index contributed by atoms with van der Waals surface area (Å²) < 4.78 is 26.6. The molecule has 0 bridgehead atoms. The number of aryl methyl sites for hydroxylation is 4. The lowest BCUT2D eigenvalue weighted by Crippen LogP contribution is -2.33. The van der Waals surface area contributed by atoms with Gasteiger partial charge in [0.1, 0.15) is 0 Å². The molecule has 45 heavy (non-hydrogen) atoms. The van der Waals surface area contributed by atoms with Gasteiger partial charge in [-0.05, 0) is 80.3 Å². The molecular weight excluding hydrogens is 568 g/mol. The largest absolute Gasteiger partial charge is 0.493 e. The van der Waals surface area contributed by atoms with Crippen molar-refractivity contribution in [3.63, 3.8) is 0 Å². The van der Waals surface area contributed by atoms with Gasteiger partial charge in [-0.1, -0.05) is 61.4 Å². The highest BCUT2D eigenvalue weighted by Crippen LogP contribution is 2.47. The van der Waals surface area contributed by atoms with Gasteiger partial charge in [0.15, 0.2) is 11.5 Å². The Balaban J connectivity index is 0.000000591. The molecule has 0 aromatic heterocycles. The molecule has 2 aliphatic rings. The number of fused-ring (bicyclic) bond motifs is 1. The van der Waals surface area contributed by atoms with Gasteiger partial charge in [0.25, 0.3) is 0 Å². The van der Waals surface area contributed by atoms with Gasteiger partial charge in [0, 0.05) is 32.0 Å². The monoisotopic (exact) mass is 618 g/mol. The summed E-state index contributed by atoms with van der Waals surface area (Å²) in [5.41, 5.74) is 8.20. The SMILES string of the molecule is CCOCCOC.CCc1cc(C)cc(CC)c1NC(=O)CN1C[C@H](c2cc(OC)c3c(c2)OCO3)CC1c1ccc(C)cc1. The van der Waals surface area contributed by atoms with Crippen molar-refractivity contribution in [1.29, 1.82) is 0 Å². The zero-order valence-corrected chi connectivity index (χ0v) is 28.0. The fraction of sp³-hybridized carbons (Fsp3) is 0.486. The van der Waals surface area contributed by atoms with E-state index >= 15 is 0 Å². The number of likely N-dealkylation sites (tertiary alicyclic amines) is 1. The van der Waals surface area contributed by atoms with Crippen LogP contribution in [0.4, 0.5) is 5.69 Å². The van der Waals surface area contributed by atoms with Crippen LogP contribution in [-0.2, 0) is 27.1 Å². The molecule has 3 aromatic rings. The maximum absolute atomic E-state index is 13.5. The minimum absolute atomic E-state index is 0.0271. The highest BCUT2D eigenvalue weighted by atomic mass is 16.7. The van der Waals surface area contributed by atoms with Gasteiger partial charge in [-0.25, -0.2) is 0 Å². The Labute approximate surface area is 269 Å². The highest BCUT2D eigenvalue weighted by Gasteiger charge is 2.36. The van der Waals surface area contributed by atoms with Crippen LogP contribution in [0.1, 0.15) is 72.5 Å². The van der Waals surface area contributed by atoms with Crippen molar-refractivity contribution in [2.75, 3.05) is 59.2 Å². The number of nitrogens with zero attached hydrogens (tertiary/aromatic N) is 1. The third-order valence-corrected chi connectivity index (χ3v) is 8.47. The van der Waals surface area contributed by atoms with Crippen LogP contribution in [0.2, 0.25) is 0 Å². The summed E-state index contributed by atoms with van der Waals surface area (Å²) >= 11 is 0. The Kier molecular flexibility index (Phi) is 12.7. The van der Waals surface area contributed by atoms with Gasteiger partial charge in [0.05, 0.1) is 26.9 Å². The van der Waals surface area contributed by atoms with Crippen molar-refractivity contribution < 1.29 is 28.5 Å². The predicted octanol–water partition coefficient (Wildman–Crippen LogP) is 7.00. The van der Waals surface area contributed by atoms with E-state index in [1.165, 1.54) is 27.8 Å². The molecule has 1 fully saturated rings. The molecule has 0 radical (unpaired) electrons. The number of carbonyl (C=O) groups excluding carboxylic acids is 1. The molecule has 8 heteroatoms. The van der Waals surface area contributed by atoms with Crippen LogP contribution in [0.25, 0.3) is 0 Å².